The molecule has 0 heterocycles. The Morgan fingerprint density at radius 3 is 2.22 bits per heavy atom. The zero-order chi connectivity index (χ0) is 16.9. The topological polar surface area (TPSA) is 50.4 Å². The van der Waals surface area contributed by atoms with Gasteiger partial charge < -0.3 is 15.4 Å². The first kappa shape index (κ1) is 16.7. The lowest BCUT2D eigenvalue weighted by Crippen LogP contribution is -2.31. The summed E-state index contributed by atoms with van der Waals surface area (Å²) in [6, 6.07) is 13.6. The first-order valence-corrected chi connectivity index (χ1v) is 6.82. The third-order valence-corrected chi connectivity index (χ3v) is 2.99. The van der Waals surface area contributed by atoms with Crippen LogP contribution in [0.5, 0.6) is 5.75 Å². The summed E-state index contributed by atoms with van der Waals surface area (Å²) in [5.74, 6) is -0.346. The van der Waals surface area contributed by atoms with E-state index in [2.05, 4.69) is 15.4 Å². The Balaban J connectivity index is 1.90. The fraction of sp³-hybridized carbons (Fsp3) is 0.188. The Morgan fingerprint density at radius 2 is 1.65 bits per heavy atom. The van der Waals surface area contributed by atoms with E-state index < -0.39 is 12.4 Å². The van der Waals surface area contributed by atoms with E-state index in [1.54, 1.807) is 0 Å². The number of alkyl halides is 3. The SMILES string of the molecule is CC(NC(=O)Nc1ccc(OC(F)(F)F)cc1)c1ccccc1. The van der Waals surface area contributed by atoms with Crippen LogP contribution in [0.2, 0.25) is 0 Å². The van der Waals surface area contributed by atoms with Crippen molar-refractivity contribution in [3.05, 3.63) is 60.2 Å². The molecule has 2 aromatic rings. The average molecular weight is 324 g/mol. The molecular formula is C16H15F3N2O2. The van der Waals surface area contributed by atoms with Gasteiger partial charge in [-0.1, -0.05) is 30.3 Å². The highest BCUT2D eigenvalue weighted by Gasteiger charge is 2.30. The van der Waals surface area contributed by atoms with Crippen LogP contribution in [0.25, 0.3) is 0 Å². The molecule has 1 atom stereocenters. The Kier molecular flexibility index (Phi) is 5.10. The fourth-order valence-electron chi connectivity index (χ4n) is 1.93. The van der Waals surface area contributed by atoms with Gasteiger partial charge in [0.2, 0.25) is 0 Å². The maximum absolute atomic E-state index is 12.1. The summed E-state index contributed by atoms with van der Waals surface area (Å²) in [5.41, 5.74) is 1.30. The molecule has 1 unspecified atom stereocenters. The van der Waals surface area contributed by atoms with E-state index >= 15 is 0 Å². The molecule has 2 rings (SSSR count). The van der Waals surface area contributed by atoms with Crippen LogP contribution < -0.4 is 15.4 Å². The van der Waals surface area contributed by atoms with Gasteiger partial charge in [0.25, 0.3) is 0 Å². The summed E-state index contributed by atoms with van der Waals surface area (Å²) in [6.07, 6.45) is -4.74. The smallest absolute Gasteiger partial charge is 0.406 e. The van der Waals surface area contributed by atoms with Crippen molar-refractivity contribution < 1.29 is 22.7 Å². The molecule has 2 N–H and O–H groups in total. The van der Waals surface area contributed by atoms with Gasteiger partial charge in [0.05, 0.1) is 6.04 Å². The van der Waals surface area contributed by atoms with Crippen LogP contribution in [-0.2, 0) is 0 Å². The molecule has 0 aromatic heterocycles. The van der Waals surface area contributed by atoms with E-state index in [4.69, 9.17) is 0 Å². The molecule has 0 bridgehead atoms. The van der Waals surface area contributed by atoms with Crippen LogP contribution in [0.1, 0.15) is 18.5 Å². The third-order valence-electron chi connectivity index (χ3n) is 2.99. The minimum Gasteiger partial charge on any atom is -0.406 e. The summed E-state index contributed by atoms with van der Waals surface area (Å²) >= 11 is 0. The number of ether oxygens (including phenoxy) is 1. The van der Waals surface area contributed by atoms with Gasteiger partial charge in [0.1, 0.15) is 5.75 Å². The van der Waals surface area contributed by atoms with Crippen molar-refractivity contribution in [3.8, 4) is 5.75 Å². The van der Waals surface area contributed by atoms with Gasteiger partial charge in [-0.3, -0.25) is 0 Å². The first-order chi connectivity index (χ1) is 10.8. The van der Waals surface area contributed by atoms with Gasteiger partial charge in [0, 0.05) is 5.69 Å². The van der Waals surface area contributed by atoms with Crippen molar-refractivity contribution >= 4 is 11.7 Å². The molecule has 0 aliphatic rings. The predicted molar refractivity (Wildman–Crippen MR) is 80.1 cm³/mol. The Bertz CT molecular complexity index is 643. The number of anilines is 1. The number of amides is 2. The summed E-state index contributed by atoms with van der Waals surface area (Å²) in [7, 11) is 0. The van der Waals surface area contributed by atoms with Crippen molar-refractivity contribution in [2.24, 2.45) is 0 Å². The Hall–Kier alpha value is -2.70. The fourth-order valence-corrected chi connectivity index (χ4v) is 1.93. The number of carbonyl (C=O) groups is 1. The Morgan fingerprint density at radius 1 is 1.04 bits per heavy atom. The van der Waals surface area contributed by atoms with Crippen molar-refractivity contribution in [2.45, 2.75) is 19.3 Å². The van der Waals surface area contributed by atoms with Crippen molar-refractivity contribution in [3.63, 3.8) is 0 Å². The maximum Gasteiger partial charge on any atom is 0.573 e. The van der Waals surface area contributed by atoms with Crippen LogP contribution in [0.4, 0.5) is 23.7 Å². The van der Waals surface area contributed by atoms with Gasteiger partial charge in [-0.05, 0) is 36.8 Å². The van der Waals surface area contributed by atoms with Crippen LogP contribution in [0.3, 0.4) is 0 Å². The van der Waals surface area contributed by atoms with Crippen LogP contribution in [-0.4, -0.2) is 12.4 Å². The van der Waals surface area contributed by atoms with Crippen molar-refractivity contribution in [2.75, 3.05) is 5.32 Å². The summed E-state index contributed by atoms with van der Waals surface area (Å²) in [5, 5.41) is 5.28. The molecule has 7 heteroatoms. The number of halogens is 3. The number of hydrogen-bond donors (Lipinski definition) is 2. The maximum atomic E-state index is 12.1. The molecule has 0 aliphatic heterocycles. The lowest BCUT2D eigenvalue weighted by atomic mass is 10.1. The van der Waals surface area contributed by atoms with E-state index in [-0.39, 0.29) is 11.8 Å². The quantitative estimate of drug-likeness (QED) is 0.872. The van der Waals surface area contributed by atoms with Crippen LogP contribution in [0, 0.1) is 0 Å². The monoisotopic (exact) mass is 324 g/mol. The van der Waals surface area contributed by atoms with Crippen molar-refractivity contribution in [1.29, 1.82) is 0 Å². The third kappa shape index (κ3) is 5.54. The summed E-state index contributed by atoms with van der Waals surface area (Å²) in [6.45, 7) is 1.83. The number of rotatable bonds is 4. The van der Waals surface area contributed by atoms with E-state index in [1.807, 2.05) is 37.3 Å². The summed E-state index contributed by atoms with van der Waals surface area (Å²) in [4.78, 5) is 11.9. The summed E-state index contributed by atoms with van der Waals surface area (Å²) < 4.78 is 39.9. The second-order valence-corrected chi connectivity index (χ2v) is 4.80. The molecule has 122 valence electrons. The molecule has 23 heavy (non-hydrogen) atoms. The largest absolute Gasteiger partial charge is 0.573 e. The number of hydrogen-bond acceptors (Lipinski definition) is 2. The highest BCUT2D eigenvalue weighted by molar-refractivity contribution is 5.89. The second kappa shape index (κ2) is 7.04. The standard InChI is InChI=1S/C16H15F3N2O2/c1-11(12-5-3-2-4-6-12)20-15(22)21-13-7-9-14(10-8-13)23-16(17,18)19/h2-11H,1H3,(H2,20,21,22). The molecule has 2 aromatic carbocycles. The Labute approximate surface area is 131 Å². The lowest BCUT2D eigenvalue weighted by molar-refractivity contribution is -0.274. The first-order valence-electron chi connectivity index (χ1n) is 6.82. The van der Waals surface area contributed by atoms with Gasteiger partial charge in [0.15, 0.2) is 0 Å². The molecule has 4 nitrogen and oxygen atoms in total. The number of benzene rings is 2. The molecule has 2 amide bonds. The van der Waals surface area contributed by atoms with Crippen LogP contribution in [0.15, 0.2) is 54.6 Å². The molecular weight excluding hydrogens is 309 g/mol. The molecule has 0 spiro atoms. The van der Waals surface area contributed by atoms with Gasteiger partial charge in [-0.2, -0.15) is 0 Å². The van der Waals surface area contributed by atoms with E-state index in [0.717, 1.165) is 17.7 Å². The van der Waals surface area contributed by atoms with E-state index in [0.29, 0.717) is 5.69 Å². The van der Waals surface area contributed by atoms with Gasteiger partial charge in [-0.25, -0.2) is 4.79 Å². The molecule has 0 aliphatic carbocycles. The number of urea groups is 1. The molecule has 0 saturated carbocycles. The number of nitrogens with one attached hydrogen (secondary N) is 2. The number of carbonyl (C=O) groups excluding carboxylic acids is 1. The lowest BCUT2D eigenvalue weighted by Gasteiger charge is -2.15. The minimum absolute atomic E-state index is 0.205. The molecule has 0 fully saturated rings. The van der Waals surface area contributed by atoms with Crippen LogP contribution >= 0.6 is 0 Å². The predicted octanol–water partition coefficient (Wildman–Crippen LogP) is 4.47. The van der Waals surface area contributed by atoms with E-state index in [1.165, 1.54) is 12.1 Å². The van der Waals surface area contributed by atoms with Gasteiger partial charge in [-0.15, -0.1) is 13.2 Å². The van der Waals surface area contributed by atoms with Crippen molar-refractivity contribution in [1.82, 2.24) is 5.32 Å². The molecule has 0 saturated heterocycles. The highest BCUT2D eigenvalue weighted by Crippen LogP contribution is 2.24. The molecule has 0 radical (unpaired) electrons. The van der Waals surface area contributed by atoms with E-state index in [9.17, 15) is 18.0 Å². The minimum atomic E-state index is -4.74. The normalized spacial score (nSPS) is 12.3. The second-order valence-electron chi connectivity index (χ2n) is 4.80. The highest BCUT2D eigenvalue weighted by atomic mass is 19.4. The average Bonchev–Trinajstić information content (AvgIpc) is 2.48. The zero-order valence-electron chi connectivity index (χ0n) is 12.2. The van der Waals surface area contributed by atoms with Gasteiger partial charge >= 0.3 is 12.4 Å². The zero-order valence-corrected chi connectivity index (χ0v) is 12.2.